The summed E-state index contributed by atoms with van der Waals surface area (Å²) in [4.78, 5) is 25.8. The molecule has 0 aliphatic carbocycles. The Balaban J connectivity index is 2.27. The van der Waals surface area contributed by atoms with Crippen LogP contribution in [0.4, 0.5) is 11.4 Å². The summed E-state index contributed by atoms with van der Waals surface area (Å²) in [5.74, 6) is 0.207. The number of anilines is 2. The molecule has 0 spiro atoms. The first-order valence-electron chi connectivity index (χ1n) is 7.61. The van der Waals surface area contributed by atoms with Gasteiger partial charge in [-0.15, -0.1) is 0 Å². The number of methoxy groups -OCH3 is 2. The predicted molar refractivity (Wildman–Crippen MR) is 103 cm³/mol. The quantitative estimate of drug-likeness (QED) is 0.800. The summed E-state index contributed by atoms with van der Waals surface area (Å²) in [5, 5.41) is 3.20. The van der Waals surface area contributed by atoms with Crippen molar-refractivity contribution >= 4 is 46.4 Å². The third-order valence-electron chi connectivity index (χ3n) is 3.58. The Hall–Kier alpha value is -2.44. The van der Waals surface area contributed by atoms with Crippen LogP contribution in [0.1, 0.15) is 6.92 Å². The van der Waals surface area contributed by atoms with E-state index in [4.69, 9.17) is 32.7 Å². The molecule has 0 heterocycles. The van der Waals surface area contributed by atoms with Crippen LogP contribution in [-0.2, 0) is 9.59 Å². The van der Waals surface area contributed by atoms with Gasteiger partial charge in [0.15, 0.2) is 0 Å². The Bertz CT molecular complexity index is 827. The van der Waals surface area contributed by atoms with Crippen molar-refractivity contribution in [3.8, 4) is 11.5 Å². The van der Waals surface area contributed by atoms with Gasteiger partial charge in [-0.05, 0) is 24.3 Å². The van der Waals surface area contributed by atoms with E-state index in [1.54, 1.807) is 36.4 Å². The van der Waals surface area contributed by atoms with Gasteiger partial charge in [-0.25, -0.2) is 0 Å². The number of hydrogen-bond donors (Lipinski definition) is 1. The Morgan fingerprint density at radius 2 is 1.85 bits per heavy atom. The molecule has 0 unspecified atom stereocenters. The normalized spacial score (nSPS) is 10.2. The topological polar surface area (TPSA) is 67.9 Å². The number of carbonyl (C=O) groups excluding carboxylic acids is 2. The summed E-state index contributed by atoms with van der Waals surface area (Å²) in [5.41, 5.74) is 0.789. The van der Waals surface area contributed by atoms with Crippen LogP contribution in [0.15, 0.2) is 36.4 Å². The maximum atomic E-state index is 12.4. The van der Waals surface area contributed by atoms with Crippen molar-refractivity contribution < 1.29 is 19.1 Å². The fourth-order valence-corrected chi connectivity index (χ4v) is 2.66. The first-order valence-corrected chi connectivity index (χ1v) is 8.37. The van der Waals surface area contributed by atoms with Crippen molar-refractivity contribution in [2.75, 3.05) is 31.0 Å². The lowest BCUT2D eigenvalue weighted by Gasteiger charge is -2.23. The third-order valence-corrected chi connectivity index (χ3v) is 4.40. The highest BCUT2D eigenvalue weighted by Crippen LogP contribution is 2.33. The molecule has 0 aromatic heterocycles. The second-order valence-corrected chi connectivity index (χ2v) is 6.08. The highest BCUT2D eigenvalue weighted by atomic mass is 35.5. The zero-order valence-electron chi connectivity index (χ0n) is 14.5. The molecule has 2 aromatic carbocycles. The molecule has 0 fully saturated rings. The van der Waals surface area contributed by atoms with Crippen LogP contribution in [0, 0.1) is 0 Å². The highest BCUT2D eigenvalue weighted by molar-refractivity contribution is 6.44. The molecule has 0 saturated carbocycles. The largest absolute Gasteiger partial charge is 0.497 e. The molecule has 0 aliphatic heterocycles. The second kappa shape index (κ2) is 8.78. The average Bonchev–Trinajstić information content (AvgIpc) is 2.62. The molecule has 0 aliphatic rings. The molecule has 138 valence electrons. The summed E-state index contributed by atoms with van der Waals surface area (Å²) < 4.78 is 10.5. The van der Waals surface area contributed by atoms with Crippen LogP contribution in [0.3, 0.4) is 0 Å². The van der Waals surface area contributed by atoms with Crippen molar-refractivity contribution in [3.05, 3.63) is 46.4 Å². The van der Waals surface area contributed by atoms with Crippen LogP contribution >= 0.6 is 23.2 Å². The third kappa shape index (κ3) is 4.59. The van der Waals surface area contributed by atoms with E-state index < -0.39 is 5.91 Å². The first-order chi connectivity index (χ1) is 12.4. The highest BCUT2D eigenvalue weighted by Gasteiger charge is 2.21. The van der Waals surface area contributed by atoms with Gasteiger partial charge < -0.3 is 14.8 Å². The van der Waals surface area contributed by atoms with E-state index in [9.17, 15) is 9.59 Å². The number of hydrogen-bond acceptors (Lipinski definition) is 4. The van der Waals surface area contributed by atoms with Gasteiger partial charge in [0.05, 0.1) is 35.6 Å². The zero-order chi connectivity index (χ0) is 19.3. The lowest BCUT2D eigenvalue weighted by Crippen LogP contribution is -2.37. The lowest BCUT2D eigenvalue weighted by molar-refractivity contribution is -0.120. The van der Waals surface area contributed by atoms with Gasteiger partial charge in [-0.2, -0.15) is 0 Å². The Morgan fingerprint density at radius 1 is 1.12 bits per heavy atom. The van der Waals surface area contributed by atoms with E-state index in [0.717, 1.165) is 0 Å². The Morgan fingerprint density at radius 3 is 2.46 bits per heavy atom. The SMILES string of the molecule is COc1ccc(OC)c(N(CC(=O)Nc2cccc(Cl)c2Cl)C(C)=O)c1. The number of rotatable bonds is 6. The van der Waals surface area contributed by atoms with Crippen molar-refractivity contribution in [1.29, 1.82) is 0 Å². The Labute approximate surface area is 161 Å². The summed E-state index contributed by atoms with van der Waals surface area (Å²) in [7, 11) is 2.99. The molecule has 2 rings (SSSR count). The minimum absolute atomic E-state index is 0.232. The molecule has 2 amide bonds. The molecule has 26 heavy (non-hydrogen) atoms. The van der Waals surface area contributed by atoms with E-state index in [2.05, 4.69) is 5.32 Å². The van der Waals surface area contributed by atoms with E-state index >= 15 is 0 Å². The number of amides is 2. The molecule has 0 atom stereocenters. The molecule has 2 aromatic rings. The maximum Gasteiger partial charge on any atom is 0.244 e. The first kappa shape index (κ1) is 19.9. The average molecular weight is 397 g/mol. The smallest absolute Gasteiger partial charge is 0.244 e. The van der Waals surface area contributed by atoms with E-state index in [0.29, 0.717) is 27.9 Å². The Kier molecular flexibility index (Phi) is 6.71. The summed E-state index contributed by atoms with van der Waals surface area (Å²) in [6.45, 7) is 1.13. The van der Waals surface area contributed by atoms with Crippen LogP contribution in [0.25, 0.3) is 0 Å². The van der Waals surface area contributed by atoms with Crippen molar-refractivity contribution in [2.24, 2.45) is 0 Å². The van der Waals surface area contributed by atoms with Crippen molar-refractivity contribution in [1.82, 2.24) is 0 Å². The van der Waals surface area contributed by atoms with Crippen LogP contribution in [-0.4, -0.2) is 32.6 Å². The van der Waals surface area contributed by atoms with Crippen LogP contribution in [0.2, 0.25) is 10.0 Å². The van der Waals surface area contributed by atoms with E-state index in [1.165, 1.54) is 26.0 Å². The van der Waals surface area contributed by atoms with Gasteiger partial charge in [0.2, 0.25) is 11.8 Å². The fourth-order valence-electron chi connectivity index (χ4n) is 2.31. The number of nitrogens with one attached hydrogen (secondary N) is 1. The summed E-state index contributed by atoms with van der Waals surface area (Å²) >= 11 is 12.0. The molecule has 8 heteroatoms. The molecule has 0 radical (unpaired) electrons. The number of carbonyl (C=O) groups is 2. The fraction of sp³-hybridized carbons (Fsp3) is 0.222. The number of ether oxygens (including phenoxy) is 2. The molecular formula is C18H18Cl2N2O4. The monoisotopic (exact) mass is 396 g/mol. The predicted octanol–water partition coefficient (Wildman–Crippen LogP) is 4.00. The molecule has 6 nitrogen and oxygen atoms in total. The maximum absolute atomic E-state index is 12.4. The zero-order valence-corrected chi connectivity index (χ0v) is 16.0. The van der Waals surface area contributed by atoms with Crippen molar-refractivity contribution in [3.63, 3.8) is 0 Å². The summed E-state index contributed by atoms with van der Waals surface area (Å²) in [6, 6.07) is 9.89. The van der Waals surface area contributed by atoms with Gasteiger partial charge in [0, 0.05) is 13.0 Å². The minimum Gasteiger partial charge on any atom is -0.497 e. The van der Waals surface area contributed by atoms with Gasteiger partial charge in [0.25, 0.3) is 0 Å². The van der Waals surface area contributed by atoms with Crippen molar-refractivity contribution in [2.45, 2.75) is 6.92 Å². The number of benzene rings is 2. The van der Waals surface area contributed by atoms with E-state index in [-0.39, 0.29) is 17.5 Å². The van der Waals surface area contributed by atoms with Gasteiger partial charge in [0.1, 0.15) is 18.0 Å². The van der Waals surface area contributed by atoms with Gasteiger partial charge >= 0.3 is 0 Å². The molecular weight excluding hydrogens is 379 g/mol. The molecule has 0 bridgehead atoms. The number of nitrogens with zero attached hydrogens (tertiary/aromatic N) is 1. The molecule has 0 saturated heterocycles. The standard InChI is InChI=1S/C18H18Cl2N2O4/c1-11(23)22(15-9-12(25-2)7-8-16(15)26-3)10-17(24)21-14-6-4-5-13(19)18(14)20/h4-9H,10H2,1-3H3,(H,21,24). The molecule has 1 N–H and O–H groups in total. The minimum atomic E-state index is -0.436. The summed E-state index contributed by atoms with van der Waals surface area (Å²) in [6.07, 6.45) is 0. The van der Waals surface area contributed by atoms with Crippen LogP contribution in [0.5, 0.6) is 11.5 Å². The number of halogens is 2. The van der Waals surface area contributed by atoms with Gasteiger partial charge in [-0.1, -0.05) is 29.3 Å². The van der Waals surface area contributed by atoms with Crippen LogP contribution < -0.4 is 19.7 Å². The second-order valence-electron chi connectivity index (χ2n) is 5.29. The van der Waals surface area contributed by atoms with E-state index in [1.807, 2.05) is 0 Å². The van der Waals surface area contributed by atoms with Gasteiger partial charge in [-0.3, -0.25) is 14.5 Å². The lowest BCUT2D eigenvalue weighted by atomic mass is 10.2.